The van der Waals surface area contributed by atoms with E-state index in [-0.39, 0.29) is 29.6 Å². The van der Waals surface area contributed by atoms with Gasteiger partial charge in [0.2, 0.25) is 5.91 Å². The van der Waals surface area contributed by atoms with E-state index in [9.17, 15) is 14.0 Å². The van der Waals surface area contributed by atoms with Crippen molar-refractivity contribution >= 4 is 34.4 Å². The summed E-state index contributed by atoms with van der Waals surface area (Å²) in [4.78, 5) is 31.0. The molecule has 182 valence electrons. The van der Waals surface area contributed by atoms with Crippen LogP contribution in [-0.2, 0) is 17.9 Å². The van der Waals surface area contributed by atoms with Gasteiger partial charge in [0.1, 0.15) is 17.1 Å². The second-order valence-corrected chi connectivity index (χ2v) is 8.72. The number of aromatic nitrogens is 4. The number of fused-ring (bicyclic) bond motifs is 1. The van der Waals surface area contributed by atoms with Crippen molar-refractivity contribution in [3.8, 4) is 5.75 Å². The van der Waals surface area contributed by atoms with Gasteiger partial charge in [0.15, 0.2) is 10.7 Å². The van der Waals surface area contributed by atoms with E-state index < -0.39 is 0 Å². The van der Waals surface area contributed by atoms with Gasteiger partial charge in [0.25, 0.3) is 5.56 Å². The van der Waals surface area contributed by atoms with Crippen molar-refractivity contribution in [3.63, 3.8) is 0 Å². The molecule has 2 heterocycles. The second-order valence-electron chi connectivity index (χ2n) is 7.78. The Hall–Kier alpha value is -3.66. The molecular formula is C25H26FN5O3S. The van der Waals surface area contributed by atoms with Gasteiger partial charge < -0.3 is 10.1 Å². The molecule has 0 aliphatic heterocycles. The number of para-hydroxylation sites is 2. The highest BCUT2D eigenvalue weighted by Gasteiger charge is 2.19. The average molecular weight is 496 g/mol. The quantitative estimate of drug-likeness (QED) is 0.276. The van der Waals surface area contributed by atoms with Gasteiger partial charge >= 0.3 is 0 Å². The number of nitrogens with zero attached hydrogens (tertiary/aromatic N) is 4. The van der Waals surface area contributed by atoms with Gasteiger partial charge in [-0.05, 0) is 50.6 Å². The Bertz CT molecular complexity index is 1420. The maximum Gasteiger partial charge on any atom is 0.280 e. The first kappa shape index (κ1) is 24.5. The molecular weight excluding hydrogens is 469 g/mol. The lowest BCUT2D eigenvalue weighted by molar-refractivity contribution is -0.113. The molecule has 0 spiro atoms. The molecule has 0 saturated carbocycles. The maximum atomic E-state index is 13.5. The summed E-state index contributed by atoms with van der Waals surface area (Å²) in [6.07, 6.45) is 0. The Morgan fingerprint density at radius 2 is 1.89 bits per heavy atom. The highest BCUT2D eigenvalue weighted by molar-refractivity contribution is 7.99. The molecule has 8 nitrogen and oxygen atoms in total. The van der Waals surface area contributed by atoms with Gasteiger partial charge in [-0.3, -0.25) is 18.8 Å². The van der Waals surface area contributed by atoms with Crippen molar-refractivity contribution in [1.29, 1.82) is 0 Å². The molecule has 10 heteroatoms. The molecule has 35 heavy (non-hydrogen) atoms. The number of nitrogens with one attached hydrogen (secondary N) is 1. The number of carbonyl (C=O) groups is 1. The summed E-state index contributed by atoms with van der Waals surface area (Å²) >= 11 is 1.16. The highest BCUT2D eigenvalue weighted by atomic mass is 32.2. The number of halogens is 1. The minimum Gasteiger partial charge on any atom is -0.492 e. The van der Waals surface area contributed by atoms with Crippen LogP contribution in [0.15, 0.2) is 58.5 Å². The van der Waals surface area contributed by atoms with E-state index in [0.29, 0.717) is 46.5 Å². The standard InChI is InChI=1S/C25H26FN5O3S/c1-4-31-23-22(16(3)29-31)28-25(30(24(23)33)14-17-10-12-18(26)13-11-17)35-15-21(32)27-19-8-6-7-9-20(19)34-5-2/h6-13H,4-5,14-15H2,1-3H3,(H,27,32). The first-order chi connectivity index (χ1) is 16.9. The van der Waals surface area contributed by atoms with Crippen LogP contribution >= 0.6 is 11.8 Å². The molecule has 0 saturated heterocycles. The number of hydrogen-bond donors (Lipinski definition) is 1. The van der Waals surface area contributed by atoms with Crippen molar-refractivity contribution in [2.24, 2.45) is 0 Å². The predicted octanol–water partition coefficient (Wildman–Crippen LogP) is 4.24. The van der Waals surface area contributed by atoms with Crippen LogP contribution in [0.2, 0.25) is 0 Å². The van der Waals surface area contributed by atoms with E-state index in [0.717, 1.165) is 17.3 Å². The largest absolute Gasteiger partial charge is 0.492 e. The number of anilines is 1. The number of amides is 1. The Labute approximate surface area is 206 Å². The third kappa shape index (κ3) is 5.37. The molecule has 0 radical (unpaired) electrons. The SMILES string of the molecule is CCOc1ccccc1NC(=O)CSc1nc2c(C)nn(CC)c2c(=O)n1Cc1ccc(F)cc1. The molecule has 2 aromatic heterocycles. The first-order valence-corrected chi connectivity index (χ1v) is 12.3. The average Bonchev–Trinajstić information content (AvgIpc) is 3.18. The minimum atomic E-state index is -0.354. The van der Waals surface area contributed by atoms with Crippen molar-refractivity contribution in [2.75, 3.05) is 17.7 Å². The van der Waals surface area contributed by atoms with Gasteiger partial charge in [-0.2, -0.15) is 5.10 Å². The molecule has 0 unspecified atom stereocenters. The number of thioether (sulfide) groups is 1. The number of benzene rings is 2. The van der Waals surface area contributed by atoms with E-state index in [4.69, 9.17) is 9.72 Å². The number of ether oxygens (including phenoxy) is 1. The van der Waals surface area contributed by atoms with Crippen molar-refractivity contribution < 1.29 is 13.9 Å². The van der Waals surface area contributed by atoms with E-state index in [1.54, 1.807) is 35.9 Å². The normalized spacial score (nSPS) is 11.1. The first-order valence-electron chi connectivity index (χ1n) is 11.3. The van der Waals surface area contributed by atoms with E-state index >= 15 is 0 Å². The lowest BCUT2D eigenvalue weighted by atomic mass is 10.2. The van der Waals surface area contributed by atoms with Crippen LogP contribution in [0.25, 0.3) is 11.0 Å². The van der Waals surface area contributed by atoms with Crippen LogP contribution in [0.5, 0.6) is 5.75 Å². The Morgan fingerprint density at radius 1 is 1.14 bits per heavy atom. The van der Waals surface area contributed by atoms with Crippen molar-refractivity contribution in [2.45, 2.75) is 39.0 Å². The fourth-order valence-corrected chi connectivity index (χ4v) is 4.50. The number of rotatable bonds is 9. The molecule has 1 N–H and O–H groups in total. The number of carbonyl (C=O) groups excluding carboxylic acids is 1. The van der Waals surface area contributed by atoms with Crippen LogP contribution in [0.4, 0.5) is 10.1 Å². The van der Waals surface area contributed by atoms with E-state index in [1.807, 2.05) is 26.0 Å². The van der Waals surface area contributed by atoms with Crippen LogP contribution in [0.3, 0.4) is 0 Å². The summed E-state index contributed by atoms with van der Waals surface area (Å²) in [5.74, 6) is 0.00507. The molecule has 0 aliphatic carbocycles. The fourth-order valence-electron chi connectivity index (χ4n) is 3.71. The summed E-state index contributed by atoms with van der Waals surface area (Å²) in [5.41, 5.74) is 2.62. The van der Waals surface area contributed by atoms with Crippen LogP contribution in [0.1, 0.15) is 25.1 Å². The summed E-state index contributed by atoms with van der Waals surface area (Å²) in [5, 5.41) is 7.68. The Balaban J connectivity index is 1.65. The van der Waals surface area contributed by atoms with Crippen molar-refractivity contribution in [3.05, 3.63) is 76.0 Å². The van der Waals surface area contributed by atoms with Crippen molar-refractivity contribution in [1.82, 2.24) is 19.3 Å². The van der Waals surface area contributed by atoms with Gasteiger partial charge in [0.05, 0.1) is 30.3 Å². The summed E-state index contributed by atoms with van der Waals surface area (Å²) in [6.45, 7) is 6.77. The summed E-state index contributed by atoms with van der Waals surface area (Å²) in [6, 6.07) is 13.2. The van der Waals surface area contributed by atoms with E-state index in [2.05, 4.69) is 10.4 Å². The highest BCUT2D eigenvalue weighted by Crippen LogP contribution is 2.25. The Morgan fingerprint density at radius 3 is 2.60 bits per heavy atom. The van der Waals surface area contributed by atoms with Gasteiger partial charge in [-0.25, -0.2) is 9.37 Å². The van der Waals surface area contributed by atoms with Crippen LogP contribution < -0.4 is 15.6 Å². The lowest BCUT2D eigenvalue weighted by Gasteiger charge is -2.14. The fraction of sp³-hybridized carbons (Fsp3) is 0.280. The molecule has 2 aromatic carbocycles. The third-order valence-corrected chi connectivity index (χ3v) is 6.31. The third-order valence-electron chi connectivity index (χ3n) is 5.33. The topological polar surface area (TPSA) is 91.0 Å². The monoisotopic (exact) mass is 495 g/mol. The minimum absolute atomic E-state index is 0.0305. The summed E-state index contributed by atoms with van der Waals surface area (Å²) < 4.78 is 22.1. The van der Waals surface area contributed by atoms with E-state index in [1.165, 1.54) is 16.7 Å². The molecule has 0 atom stereocenters. The summed E-state index contributed by atoms with van der Waals surface area (Å²) in [7, 11) is 0. The van der Waals surface area contributed by atoms with Crippen LogP contribution in [0, 0.1) is 12.7 Å². The Kier molecular flexibility index (Phi) is 7.50. The number of hydrogen-bond acceptors (Lipinski definition) is 6. The smallest absolute Gasteiger partial charge is 0.280 e. The lowest BCUT2D eigenvalue weighted by Crippen LogP contribution is -2.26. The van der Waals surface area contributed by atoms with Gasteiger partial charge in [0, 0.05) is 6.54 Å². The zero-order chi connectivity index (χ0) is 24.9. The zero-order valence-electron chi connectivity index (χ0n) is 19.7. The molecule has 0 bridgehead atoms. The second kappa shape index (κ2) is 10.7. The van der Waals surface area contributed by atoms with Gasteiger partial charge in [-0.1, -0.05) is 36.0 Å². The van der Waals surface area contributed by atoms with Gasteiger partial charge in [-0.15, -0.1) is 0 Å². The zero-order valence-corrected chi connectivity index (χ0v) is 20.6. The maximum absolute atomic E-state index is 13.5. The molecule has 0 fully saturated rings. The molecule has 0 aliphatic rings. The predicted molar refractivity (Wildman–Crippen MR) is 135 cm³/mol. The molecule has 4 aromatic rings. The van der Waals surface area contributed by atoms with Crippen LogP contribution in [-0.4, -0.2) is 37.6 Å². The number of aryl methyl sites for hydroxylation is 2. The molecule has 1 amide bonds. The molecule has 4 rings (SSSR count).